The third-order valence-corrected chi connectivity index (χ3v) is 6.22. The van der Waals surface area contributed by atoms with E-state index >= 15 is 0 Å². The Morgan fingerprint density at radius 2 is 1.29 bits per heavy atom. The molecule has 0 saturated heterocycles. The lowest BCUT2D eigenvalue weighted by molar-refractivity contribution is 0.0715. The molecule has 2 atom stereocenters. The van der Waals surface area contributed by atoms with Crippen molar-refractivity contribution in [3.63, 3.8) is 0 Å². The summed E-state index contributed by atoms with van der Waals surface area (Å²) in [4.78, 5) is 13.4. The molecule has 0 amide bonds. The Morgan fingerprint density at radius 3 is 1.74 bits per heavy atom. The van der Waals surface area contributed by atoms with Crippen LogP contribution in [0, 0.1) is 0 Å². The van der Waals surface area contributed by atoms with Crippen LogP contribution in [0.25, 0.3) is 0 Å². The zero-order valence-electron chi connectivity index (χ0n) is 21.2. The molecule has 0 aromatic heterocycles. The molecule has 0 aliphatic heterocycles. The zero-order valence-corrected chi connectivity index (χ0v) is 21.2. The second kappa shape index (κ2) is 9.63. The number of aromatic hydroxyl groups is 1. The Balaban J connectivity index is 2.21. The second-order valence-electron chi connectivity index (χ2n) is 10.9. The summed E-state index contributed by atoms with van der Waals surface area (Å²) >= 11 is 0. The average Bonchev–Trinajstić information content (AvgIpc) is 2.78. The van der Waals surface area contributed by atoms with Gasteiger partial charge in [-0.15, -0.1) is 0 Å². The van der Waals surface area contributed by atoms with Crippen LogP contribution >= 0.6 is 0 Å². The summed E-state index contributed by atoms with van der Waals surface area (Å²) in [7, 11) is 1.57. The quantitative estimate of drug-likeness (QED) is 0.419. The van der Waals surface area contributed by atoms with Crippen LogP contribution in [-0.2, 0) is 10.8 Å². The second-order valence-corrected chi connectivity index (χ2v) is 10.9. The van der Waals surface area contributed by atoms with Gasteiger partial charge in [-0.05, 0) is 57.3 Å². The highest BCUT2D eigenvalue weighted by Gasteiger charge is 2.34. The van der Waals surface area contributed by atoms with Gasteiger partial charge < -0.3 is 14.9 Å². The van der Waals surface area contributed by atoms with Crippen molar-refractivity contribution in [3.8, 4) is 11.5 Å². The Bertz CT molecular complexity index is 1100. The SMILES string of the molecule is COc1ccc(C(=O)[C@H](O)[C@@H](c2ccccc2)c2cc(C(C)(C)C)c(O)c(C(C)(C)C)c2)cc1. The van der Waals surface area contributed by atoms with Crippen molar-refractivity contribution in [1.29, 1.82) is 0 Å². The van der Waals surface area contributed by atoms with Gasteiger partial charge in [-0.2, -0.15) is 0 Å². The van der Waals surface area contributed by atoms with Crippen molar-refractivity contribution in [3.05, 3.63) is 94.5 Å². The van der Waals surface area contributed by atoms with Gasteiger partial charge in [-0.25, -0.2) is 0 Å². The fraction of sp³-hybridized carbons (Fsp3) is 0.367. The van der Waals surface area contributed by atoms with Gasteiger partial charge in [0.25, 0.3) is 0 Å². The Morgan fingerprint density at radius 1 is 0.794 bits per heavy atom. The van der Waals surface area contributed by atoms with Gasteiger partial charge in [0.2, 0.25) is 0 Å². The number of hydrogen-bond acceptors (Lipinski definition) is 4. The maximum atomic E-state index is 13.4. The minimum Gasteiger partial charge on any atom is -0.507 e. The van der Waals surface area contributed by atoms with E-state index in [-0.39, 0.29) is 22.4 Å². The maximum absolute atomic E-state index is 13.4. The molecule has 3 aromatic rings. The third kappa shape index (κ3) is 5.34. The van der Waals surface area contributed by atoms with E-state index in [2.05, 4.69) is 41.5 Å². The molecule has 0 aliphatic rings. The van der Waals surface area contributed by atoms with Gasteiger partial charge in [0.05, 0.1) is 7.11 Å². The Labute approximate surface area is 203 Å². The Kier molecular flexibility index (Phi) is 7.23. The summed E-state index contributed by atoms with van der Waals surface area (Å²) in [6, 6.07) is 20.2. The van der Waals surface area contributed by atoms with Crippen molar-refractivity contribution in [2.45, 2.75) is 64.4 Å². The number of ketones is 1. The van der Waals surface area contributed by atoms with Gasteiger partial charge in [-0.1, -0.05) is 84.0 Å². The number of phenols is 1. The maximum Gasteiger partial charge on any atom is 0.192 e. The van der Waals surface area contributed by atoms with E-state index in [0.717, 1.165) is 22.3 Å². The number of phenolic OH excluding ortho intramolecular Hbond substituents is 1. The van der Waals surface area contributed by atoms with E-state index in [1.807, 2.05) is 42.5 Å². The predicted molar refractivity (Wildman–Crippen MR) is 137 cm³/mol. The van der Waals surface area contributed by atoms with E-state index in [1.165, 1.54) is 0 Å². The van der Waals surface area contributed by atoms with Crippen molar-refractivity contribution < 1.29 is 19.7 Å². The van der Waals surface area contributed by atoms with E-state index < -0.39 is 12.0 Å². The average molecular weight is 461 g/mol. The first-order valence-corrected chi connectivity index (χ1v) is 11.6. The lowest BCUT2D eigenvalue weighted by atomic mass is 9.75. The highest BCUT2D eigenvalue weighted by Crippen LogP contribution is 2.43. The van der Waals surface area contributed by atoms with Crippen LogP contribution in [0.3, 0.4) is 0 Å². The van der Waals surface area contributed by atoms with Crippen LogP contribution in [0.5, 0.6) is 11.5 Å². The molecule has 0 saturated carbocycles. The van der Waals surface area contributed by atoms with Gasteiger partial charge >= 0.3 is 0 Å². The van der Waals surface area contributed by atoms with Crippen LogP contribution in [-0.4, -0.2) is 29.2 Å². The number of carbonyl (C=O) groups is 1. The van der Waals surface area contributed by atoms with Crippen LogP contribution in [0.15, 0.2) is 66.7 Å². The van der Waals surface area contributed by atoms with Crippen molar-refractivity contribution in [2.75, 3.05) is 7.11 Å². The fourth-order valence-electron chi connectivity index (χ4n) is 4.27. The smallest absolute Gasteiger partial charge is 0.192 e. The van der Waals surface area contributed by atoms with Crippen LogP contribution in [0.4, 0.5) is 0 Å². The van der Waals surface area contributed by atoms with E-state index in [1.54, 1.807) is 31.4 Å². The van der Waals surface area contributed by atoms with Crippen LogP contribution in [0.1, 0.15) is 80.1 Å². The molecule has 0 aliphatic carbocycles. The molecular weight excluding hydrogens is 424 g/mol. The van der Waals surface area contributed by atoms with E-state index in [0.29, 0.717) is 11.3 Å². The summed E-state index contributed by atoms with van der Waals surface area (Å²) in [6.45, 7) is 12.3. The number of methoxy groups -OCH3 is 1. The molecule has 0 bridgehead atoms. The minimum atomic E-state index is -1.30. The van der Waals surface area contributed by atoms with Crippen LogP contribution < -0.4 is 4.74 Å². The molecule has 2 N–H and O–H groups in total. The summed E-state index contributed by atoms with van der Waals surface area (Å²) in [5, 5.41) is 22.6. The summed E-state index contributed by atoms with van der Waals surface area (Å²) in [5.41, 5.74) is 2.98. The highest BCUT2D eigenvalue weighted by molar-refractivity contribution is 6.00. The number of Topliss-reactive ketones (excluding diaryl/α,β-unsaturated/α-hetero) is 1. The normalized spacial score (nSPS) is 13.9. The van der Waals surface area contributed by atoms with Gasteiger partial charge in [0, 0.05) is 11.5 Å². The van der Waals surface area contributed by atoms with Gasteiger partial charge in [0.1, 0.15) is 17.6 Å². The molecule has 3 aromatic carbocycles. The summed E-state index contributed by atoms with van der Waals surface area (Å²) in [5.74, 6) is -0.0434. The molecule has 0 unspecified atom stereocenters. The first kappa shape index (κ1) is 25.5. The minimum absolute atomic E-state index is 0.270. The van der Waals surface area contributed by atoms with Gasteiger partial charge in [-0.3, -0.25) is 4.79 Å². The Hall–Kier alpha value is -3.11. The molecule has 0 fully saturated rings. The number of ether oxygens (including phenoxy) is 1. The van der Waals surface area contributed by atoms with E-state index in [9.17, 15) is 15.0 Å². The molecule has 0 heterocycles. The standard InChI is InChI=1S/C30H36O4/c1-29(2,3)23-17-21(18-24(27(23)32)30(4,5)6)25(19-11-9-8-10-12-19)28(33)26(31)20-13-15-22(34-7)16-14-20/h8-18,25,28,32-33H,1-7H3/t25-,28+/m0/s1. The number of carbonyl (C=O) groups excluding carboxylic acids is 1. The predicted octanol–water partition coefficient (Wildman–Crippen LogP) is 6.37. The number of rotatable bonds is 6. The zero-order chi connectivity index (χ0) is 25.3. The number of aliphatic hydroxyl groups excluding tert-OH is 1. The molecule has 4 heteroatoms. The first-order chi connectivity index (χ1) is 15.8. The van der Waals surface area contributed by atoms with Crippen molar-refractivity contribution >= 4 is 5.78 Å². The lowest BCUT2D eigenvalue weighted by Crippen LogP contribution is -2.30. The third-order valence-electron chi connectivity index (χ3n) is 6.22. The fourth-order valence-corrected chi connectivity index (χ4v) is 4.27. The number of aliphatic hydroxyl groups is 1. The molecule has 0 radical (unpaired) electrons. The summed E-state index contributed by atoms with van der Waals surface area (Å²) < 4.78 is 5.20. The monoisotopic (exact) mass is 460 g/mol. The highest BCUT2D eigenvalue weighted by atomic mass is 16.5. The van der Waals surface area contributed by atoms with Crippen LogP contribution in [0.2, 0.25) is 0 Å². The van der Waals surface area contributed by atoms with Crippen molar-refractivity contribution in [2.24, 2.45) is 0 Å². The molecule has 0 spiro atoms. The number of hydrogen-bond donors (Lipinski definition) is 2. The molecule has 34 heavy (non-hydrogen) atoms. The molecule has 3 rings (SSSR count). The van der Waals surface area contributed by atoms with E-state index in [4.69, 9.17) is 4.74 Å². The lowest BCUT2D eigenvalue weighted by Gasteiger charge is -2.31. The molecule has 180 valence electrons. The number of benzene rings is 3. The molecule has 4 nitrogen and oxygen atoms in total. The van der Waals surface area contributed by atoms with Gasteiger partial charge in [0.15, 0.2) is 5.78 Å². The molecular formula is C30H36O4. The first-order valence-electron chi connectivity index (χ1n) is 11.6. The van der Waals surface area contributed by atoms with Crippen molar-refractivity contribution in [1.82, 2.24) is 0 Å². The summed E-state index contributed by atoms with van der Waals surface area (Å²) in [6.07, 6.45) is -1.30. The largest absolute Gasteiger partial charge is 0.507 e. The topological polar surface area (TPSA) is 66.8 Å².